The highest BCUT2D eigenvalue weighted by Crippen LogP contribution is 2.50. The van der Waals surface area contributed by atoms with Gasteiger partial charge in [-0.2, -0.15) is 4.98 Å². The molecule has 1 aliphatic carbocycles. The van der Waals surface area contributed by atoms with Crippen molar-refractivity contribution in [2.75, 3.05) is 44.8 Å². The van der Waals surface area contributed by atoms with Gasteiger partial charge in [-0.3, -0.25) is 4.79 Å². The van der Waals surface area contributed by atoms with E-state index in [1.165, 1.54) is 17.4 Å². The van der Waals surface area contributed by atoms with Crippen LogP contribution in [0.1, 0.15) is 37.1 Å². The van der Waals surface area contributed by atoms with Gasteiger partial charge in [0.15, 0.2) is 5.82 Å². The quantitative estimate of drug-likeness (QED) is 0.505. The minimum atomic E-state index is -0.954. The van der Waals surface area contributed by atoms with Gasteiger partial charge >= 0.3 is 6.01 Å². The molecule has 8 nitrogen and oxygen atoms in total. The van der Waals surface area contributed by atoms with Crippen LogP contribution in [-0.2, 0) is 22.6 Å². The molecule has 3 aliphatic rings. The van der Waals surface area contributed by atoms with Crippen molar-refractivity contribution >= 4 is 11.9 Å². The molecule has 5 rings (SSSR count). The van der Waals surface area contributed by atoms with Crippen LogP contribution >= 0.6 is 0 Å². The highest BCUT2D eigenvalue weighted by Gasteiger charge is 2.43. The van der Waals surface area contributed by atoms with Crippen LogP contribution in [0.3, 0.4) is 0 Å². The number of rotatable bonds is 10. The molecular weight excluding hydrogens is 458 g/mol. The van der Waals surface area contributed by atoms with Crippen molar-refractivity contribution in [3.63, 3.8) is 0 Å². The first-order valence-corrected chi connectivity index (χ1v) is 12.4. The van der Waals surface area contributed by atoms with Crippen LogP contribution in [0.15, 0.2) is 22.7 Å². The lowest BCUT2D eigenvalue weighted by molar-refractivity contribution is -0.137. The van der Waals surface area contributed by atoms with E-state index in [-0.39, 0.29) is 25.4 Å². The number of piperidine rings is 1. The fourth-order valence-corrected chi connectivity index (χ4v) is 5.25. The van der Waals surface area contributed by atoms with Crippen molar-refractivity contribution in [1.29, 1.82) is 0 Å². The first-order valence-electron chi connectivity index (χ1n) is 12.4. The summed E-state index contributed by atoms with van der Waals surface area (Å²) in [5.74, 6) is 2.42. The Morgan fingerprint density at radius 2 is 2.06 bits per heavy atom. The number of likely N-dealkylation sites (tertiary alicyclic amines) is 1. The van der Waals surface area contributed by atoms with Crippen LogP contribution in [0.25, 0.3) is 0 Å². The molecule has 0 N–H and O–H groups in total. The Bertz CT molecular complexity index is 1020. The molecule has 1 aromatic heterocycles. The van der Waals surface area contributed by atoms with Gasteiger partial charge < -0.3 is 23.8 Å². The van der Waals surface area contributed by atoms with Crippen LogP contribution in [0.2, 0.25) is 0 Å². The van der Waals surface area contributed by atoms with Gasteiger partial charge in [-0.1, -0.05) is 11.2 Å². The van der Waals surface area contributed by atoms with Crippen molar-refractivity contribution in [2.24, 2.45) is 17.8 Å². The van der Waals surface area contributed by atoms with E-state index >= 15 is 0 Å². The van der Waals surface area contributed by atoms with E-state index in [9.17, 15) is 13.6 Å². The number of alkyl halides is 1. The zero-order chi connectivity index (χ0) is 24.4. The Hall–Kier alpha value is -2.75. The number of carbonyl (C=O) groups excluding carboxylic acids is 1. The number of anilines is 1. The summed E-state index contributed by atoms with van der Waals surface area (Å²) in [6.07, 6.45) is 3.39. The van der Waals surface area contributed by atoms with E-state index in [0.29, 0.717) is 48.2 Å². The monoisotopic (exact) mass is 490 g/mol. The fourth-order valence-electron chi connectivity index (χ4n) is 5.25. The number of hydrogen-bond acceptors (Lipinski definition) is 7. The number of carbonyl (C=O) groups is 1. The van der Waals surface area contributed by atoms with Gasteiger partial charge in [-0.15, -0.1) is 0 Å². The maximum atomic E-state index is 14.4. The van der Waals surface area contributed by atoms with Gasteiger partial charge in [0.2, 0.25) is 5.91 Å². The van der Waals surface area contributed by atoms with Gasteiger partial charge in [-0.05, 0) is 55.1 Å². The molecule has 0 radical (unpaired) electrons. The van der Waals surface area contributed by atoms with Crippen molar-refractivity contribution < 1.29 is 27.6 Å². The van der Waals surface area contributed by atoms with Crippen molar-refractivity contribution in [3.8, 4) is 5.75 Å². The maximum Gasteiger partial charge on any atom is 0.324 e. The maximum absolute atomic E-state index is 14.4. The molecule has 2 unspecified atom stereocenters. The van der Waals surface area contributed by atoms with Gasteiger partial charge in [0.25, 0.3) is 0 Å². The van der Waals surface area contributed by atoms with Crippen molar-refractivity contribution in [1.82, 2.24) is 15.0 Å². The van der Waals surface area contributed by atoms with E-state index in [2.05, 4.69) is 15.0 Å². The number of amides is 1. The molecule has 35 heavy (non-hydrogen) atoms. The molecule has 0 bridgehead atoms. The van der Waals surface area contributed by atoms with Crippen LogP contribution in [0.5, 0.6) is 5.75 Å². The summed E-state index contributed by atoms with van der Waals surface area (Å²) in [5, 5.41) is 3.94. The molecule has 2 aromatic rings. The predicted octanol–water partition coefficient (Wildman–Crippen LogP) is 3.40. The second kappa shape index (κ2) is 10.5. The SMILES string of the molecule is COCc1noc(N2CCC(C3CC3CCOc3ccc(CC(=O)N4CC(F)C4)c(F)c3)CC2)n1. The number of nitrogens with zero attached hydrogens (tertiary/aromatic N) is 4. The standard InChI is InChI=1S/C25H32F2N4O4/c1-33-15-23-28-25(35-29-23)30-7-4-16(5-8-30)21-10-17(21)6-9-34-20-3-2-18(22(27)12-20)11-24(32)31-13-19(26)14-31/h2-3,12,16-17,19,21H,4-11,13-15H2,1H3. The molecule has 2 aliphatic heterocycles. The minimum absolute atomic E-state index is 0.0534. The number of methoxy groups -OCH3 is 1. The van der Waals surface area contributed by atoms with Crippen molar-refractivity contribution in [3.05, 3.63) is 35.4 Å². The van der Waals surface area contributed by atoms with Crippen LogP contribution < -0.4 is 9.64 Å². The van der Waals surface area contributed by atoms with Gasteiger partial charge in [-0.25, -0.2) is 8.78 Å². The molecule has 2 atom stereocenters. The lowest BCUT2D eigenvalue weighted by atomic mass is 9.90. The van der Waals surface area contributed by atoms with E-state index in [0.717, 1.165) is 38.3 Å². The second-order valence-corrected chi connectivity index (χ2v) is 9.87. The largest absolute Gasteiger partial charge is 0.493 e. The van der Waals surface area contributed by atoms with Gasteiger partial charge in [0.1, 0.15) is 24.3 Å². The Morgan fingerprint density at radius 3 is 2.77 bits per heavy atom. The summed E-state index contributed by atoms with van der Waals surface area (Å²) in [7, 11) is 1.61. The molecule has 1 aromatic carbocycles. The third kappa shape index (κ3) is 5.74. The van der Waals surface area contributed by atoms with E-state index in [1.807, 2.05) is 0 Å². The number of aromatic nitrogens is 2. The highest BCUT2D eigenvalue weighted by molar-refractivity contribution is 5.79. The average molecular weight is 491 g/mol. The molecule has 1 amide bonds. The lowest BCUT2D eigenvalue weighted by Gasteiger charge is -2.34. The number of ether oxygens (including phenoxy) is 2. The molecule has 0 spiro atoms. The third-order valence-electron chi connectivity index (χ3n) is 7.44. The van der Waals surface area contributed by atoms with E-state index in [4.69, 9.17) is 14.0 Å². The minimum Gasteiger partial charge on any atom is -0.493 e. The summed E-state index contributed by atoms with van der Waals surface area (Å²) >= 11 is 0. The topological polar surface area (TPSA) is 80.9 Å². The molecule has 10 heteroatoms. The Labute approximate surface area is 203 Å². The number of benzene rings is 1. The molecule has 190 valence electrons. The second-order valence-electron chi connectivity index (χ2n) is 9.87. The summed E-state index contributed by atoms with van der Waals surface area (Å²) in [4.78, 5) is 20.0. The average Bonchev–Trinajstić information content (AvgIpc) is 3.45. The predicted molar refractivity (Wildman–Crippen MR) is 123 cm³/mol. The zero-order valence-electron chi connectivity index (χ0n) is 20.0. The Kier molecular flexibility index (Phi) is 7.17. The van der Waals surface area contributed by atoms with E-state index in [1.54, 1.807) is 19.2 Å². The van der Waals surface area contributed by atoms with Crippen LogP contribution in [-0.4, -0.2) is 67.0 Å². The molecule has 1 saturated carbocycles. The summed E-state index contributed by atoms with van der Waals surface area (Å²) in [5.41, 5.74) is 0.314. The lowest BCUT2D eigenvalue weighted by Crippen LogP contribution is -2.52. The zero-order valence-corrected chi connectivity index (χ0v) is 20.0. The summed E-state index contributed by atoms with van der Waals surface area (Å²) in [6, 6.07) is 5.21. The first-order chi connectivity index (χ1) is 17.0. The first kappa shape index (κ1) is 24.0. The van der Waals surface area contributed by atoms with Gasteiger partial charge in [0.05, 0.1) is 26.1 Å². The Morgan fingerprint density at radius 1 is 1.26 bits per heavy atom. The molecule has 2 saturated heterocycles. The van der Waals surface area contributed by atoms with E-state index < -0.39 is 12.0 Å². The third-order valence-corrected chi connectivity index (χ3v) is 7.44. The smallest absolute Gasteiger partial charge is 0.324 e. The van der Waals surface area contributed by atoms with Crippen molar-refractivity contribution in [2.45, 2.75) is 44.9 Å². The normalized spacial score (nSPS) is 22.8. The molecular formula is C25H32F2N4O4. The highest BCUT2D eigenvalue weighted by atomic mass is 19.1. The molecule has 3 fully saturated rings. The fraction of sp³-hybridized carbons (Fsp3) is 0.640. The summed E-state index contributed by atoms with van der Waals surface area (Å²) < 4.78 is 43.5. The number of hydrogen-bond donors (Lipinski definition) is 0. The molecule has 3 heterocycles. The Balaban J connectivity index is 1.01. The van der Waals surface area contributed by atoms with Crippen LogP contribution in [0, 0.1) is 23.6 Å². The van der Waals surface area contributed by atoms with Crippen LogP contribution in [0.4, 0.5) is 14.8 Å². The number of halogens is 2. The van der Waals surface area contributed by atoms with Gasteiger partial charge in [0, 0.05) is 26.3 Å². The summed E-state index contributed by atoms with van der Waals surface area (Å²) in [6.45, 7) is 2.95.